The second kappa shape index (κ2) is 6.17. The SMILES string of the molecule is CCOC1CC(NC(C)C(C)CO)C1(C)CC. The lowest BCUT2D eigenvalue weighted by atomic mass is 9.61. The maximum Gasteiger partial charge on any atom is 0.0658 e. The third-order valence-electron chi connectivity index (χ3n) is 4.72. The second-order valence-corrected chi connectivity index (χ2v) is 5.71. The van der Waals surface area contributed by atoms with Crippen LogP contribution in [0.1, 0.15) is 47.5 Å². The fourth-order valence-electron chi connectivity index (χ4n) is 2.65. The molecule has 0 heterocycles. The van der Waals surface area contributed by atoms with E-state index in [2.05, 4.69) is 39.9 Å². The first-order valence-electron chi connectivity index (χ1n) is 6.98. The van der Waals surface area contributed by atoms with Crippen molar-refractivity contribution < 1.29 is 9.84 Å². The molecule has 1 aliphatic rings. The van der Waals surface area contributed by atoms with Gasteiger partial charge >= 0.3 is 0 Å². The van der Waals surface area contributed by atoms with Crippen molar-refractivity contribution in [3.05, 3.63) is 0 Å². The summed E-state index contributed by atoms with van der Waals surface area (Å²) in [6.45, 7) is 11.9. The zero-order valence-electron chi connectivity index (χ0n) is 12.0. The van der Waals surface area contributed by atoms with Crippen molar-refractivity contribution in [3.63, 3.8) is 0 Å². The number of hydrogen-bond donors (Lipinski definition) is 2. The van der Waals surface area contributed by atoms with Crippen molar-refractivity contribution in [2.45, 2.75) is 65.6 Å². The Morgan fingerprint density at radius 3 is 2.53 bits per heavy atom. The van der Waals surface area contributed by atoms with E-state index in [0.717, 1.165) is 19.4 Å². The van der Waals surface area contributed by atoms with Gasteiger partial charge in [-0.15, -0.1) is 0 Å². The Labute approximate surface area is 106 Å². The first-order valence-corrected chi connectivity index (χ1v) is 6.98. The molecule has 5 atom stereocenters. The Balaban J connectivity index is 2.51. The van der Waals surface area contributed by atoms with E-state index in [1.165, 1.54) is 0 Å². The molecular weight excluding hydrogens is 214 g/mol. The molecule has 3 heteroatoms. The minimum atomic E-state index is 0.249. The molecule has 0 radical (unpaired) electrons. The summed E-state index contributed by atoms with van der Waals surface area (Å²) in [5.74, 6) is 0.308. The number of hydrogen-bond acceptors (Lipinski definition) is 3. The van der Waals surface area contributed by atoms with Gasteiger partial charge in [-0.1, -0.05) is 20.8 Å². The molecule has 5 unspecified atom stereocenters. The largest absolute Gasteiger partial charge is 0.396 e. The van der Waals surface area contributed by atoms with Crippen LogP contribution in [0, 0.1) is 11.3 Å². The Morgan fingerprint density at radius 1 is 1.41 bits per heavy atom. The molecule has 0 bridgehead atoms. The predicted molar refractivity (Wildman–Crippen MR) is 71.1 cm³/mol. The number of ether oxygens (including phenoxy) is 1. The quantitative estimate of drug-likeness (QED) is 0.720. The van der Waals surface area contributed by atoms with E-state index < -0.39 is 0 Å². The monoisotopic (exact) mass is 243 g/mol. The number of nitrogens with one attached hydrogen (secondary N) is 1. The van der Waals surface area contributed by atoms with E-state index >= 15 is 0 Å². The molecule has 3 nitrogen and oxygen atoms in total. The lowest BCUT2D eigenvalue weighted by Gasteiger charge is -2.54. The van der Waals surface area contributed by atoms with E-state index in [-0.39, 0.29) is 12.0 Å². The van der Waals surface area contributed by atoms with Gasteiger partial charge in [-0.3, -0.25) is 0 Å². The summed E-state index contributed by atoms with van der Waals surface area (Å²) < 4.78 is 5.79. The Bertz CT molecular complexity index is 234. The smallest absolute Gasteiger partial charge is 0.0658 e. The van der Waals surface area contributed by atoms with Crippen LogP contribution in [0.2, 0.25) is 0 Å². The second-order valence-electron chi connectivity index (χ2n) is 5.71. The lowest BCUT2D eigenvalue weighted by molar-refractivity contribution is -0.129. The minimum absolute atomic E-state index is 0.249. The summed E-state index contributed by atoms with van der Waals surface area (Å²) in [5, 5.41) is 12.8. The number of rotatable bonds is 7. The molecule has 0 aromatic carbocycles. The van der Waals surface area contributed by atoms with Gasteiger partial charge in [-0.05, 0) is 32.6 Å². The zero-order valence-corrected chi connectivity index (χ0v) is 12.0. The average Bonchev–Trinajstić information content (AvgIpc) is 2.35. The van der Waals surface area contributed by atoms with Crippen LogP contribution in [-0.4, -0.2) is 36.5 Å². The standard InChI is InChI=1S/C14H29NO2/c1-6-14(5)12(8-13(14)17-7-2)15-11(4)10(3)9-16/h10-13,15-16H,6-9H2,1-5H3. The van der Waals surface area contributed by atoms with Gasteiger partial charge < -0.3 is 15.2 Å². The van der Waals surface area contributed by atoms with Crippen molar-refractivity contribution in [2.75, 3.05) is 13.2 Å². The Kier molecular flexibility index (Phi) is 5.42. The van der Waals surface area contributed by atoms with Gasteiger partial charge in [-0.25, -0.2) is 0 Å². The fourth-order valence-corrected chi connectivity index (χ4v) is 2.65. The summed E-state index contributed by atoms with van der Waals surface area (Å²) in [5.41, 5.74) is 0.249. The summed E-state index contributed by atoms with van der Waals surface area (Å²) in [6.07, 6.45) is 2.63. The van der Waals surface area contributed by atoms with Crippen molar-refractivity contribution in [2.24, 2.45) is 11.3 Å². The third-order valence-corrected chi connectivity index (χ3v) is 4.72. The topological polar surface area (TPSA) is 41.5 Å². The van der Waals surface area contributed by atoms with Crippen LogP contribution in [0.15, 0.2) is 0 Å². The number of aliphatic hydroxyl groups excluding tert-OH is 1. The highest BCUT2D eigenvalue weighted by Crippen LogP contribution is 2.46. The summed E-state index contributed by atoms with van der Waals surface area (Å²) in [6, 6.07) is 0.881. The Morgan fingerprint density at radius 2 is 2.06 bits per heavy atom. The highest BCUT2D eigenvalue weighted by atomic mass is 16.5. The van der Waals surface area contributed by atoms with Gasteiger partial charge in [0.2, 0.25) is 0 Å². The molecule has 0 spiro atoms. The van der Waals surface area contributed by atoms with Crippen LogP contribution in [0.5, 0.6) is 0 Å². The van der Waals surface area contributed by atoms with Crippen LogP contribution in [0.25, 0.3) is 0 Å². The van der Waals surface area contributed by atoms with E-state index in [1.807, 2.05) is 0 Å². The number of aliphatic hydroxyl groups is 1. The molecule has 102 valence electrons. The molecule has 0 aromatic heterocycles. The molecular formula is C14H29NO2. The van der Waals surface area contributed by atoms with E-state index in [9.17, 15) is 0 Å². The van der Waals surface area contributed by atoms with Crippen LogP contribution < -0.4 is 5.32 Å². The van der Waals surface area contributed by atoms with Crippen LogP contribution in [-0.2, 0) is 4.74 Å². The first kappa shape index (κ1) is 14.9. The summed E-state index contributed by atoms with van der Waals surface area (Å²) in [4.78, 5) is 0. The van der Waals surface area contributed by atoms with Crippen LogP contribution in [0.3, 0.4) is 0 Å². The van der Waals surface area contributed by atoms with Gasteiger partial charge in [-0.2, -0.15) is 0 Å². The zero-order chi connectivity index (χ0) is 13.1. The predicted octanol–water partition coefficient (Wildman–Crippen LogP) is 2.19. The summed E-state index contributed by atoms with van der Waals surface area (Å²) >= 11 is 0. The van der Waals surface area contributed by atoms with Crippen molar-refractivity contribution >= 4 is 0 Å². The molecule has 2 N–H and O–H groups in total. The summed E-state index contributed by atoms with van der Waals surface area (Å²) in [7, 11) is 0. The van der Waals surface area contributed by atoms with E-state index in [0.29, 0.717) is 24.1 Å². The highest BCUT2D eigenvalue weighted by Gasteiger charge is 2.51. The molecule has 0 amide bonds. The van der Waals surface area contributed by atoms with Crippen LogP contribution in [0.4, 0.5) is 0 Å². The molecule has 17 heavy (non-hydrogen) atoms. The molecule has 0 aromatic rings. The molecule has 1 saturated carbocycles. The van der Waals surface area contributed by atoms with Crippen LogP contribution >= 0.6 is 0 Å². The third kappa shape index (κ3) is 3.01. The van der Waals surface area contributed by atoms with Crippen molar-refractivity contribution in [1.29, 1.82) is 0 Å². The van der Waals surface area contributed by atoms with Gasteiger partial charge in [0.15, 0.2) is 0 Å². The van der Waals surface area contributed by atoms with Crippen molar-refractivity contribution in [1.82, 2.24) is 5.32 Å². The average molecular weight is 243 g/mol. The van der Waals surface area contributed by atoms with Gasteiger partial charge in [0.1, 0.15) is 0 Å². The van der Waals surface area contributed by atoms with Gasteiger partial charge in [0.25, 0.3) is 0 Å². The highest BCUT2D eigenvalue weighted by molar-refractivity contribution is 5.05. The van der Waals surface area contributed by atoms with Gasteiger partial charge in [0.05, 0.1) is 6.10 Å². The lowest BCUT2D eigenvalue weighted by Crippen LogP contribution is -2.64. The maximum absolute atomic E-state index is 9.17. The normalized spacial score (nSPS) is 36.4. The molecule has 0 saturated heterocycles. The maximum atomic E-state index is 9.17. The molecule has 0 aliphatic heterocycles. The van der Waals surface area contributed by atoms with Gasteiger partial charge in [0, 0.05) is 30.7 Å². The molecule has 1 fully saturated rings. The fraction of sp³-hybridized carbons (Fsp3) is 1.00. The van der Waals surface area contributed by atoms with Crippen molar-refractivity contribution in [3.8, 4) is 0 Å². The molecule has 1 rings (SSSR count). The first-order chi connectivity index (χ1) is 7.99. The minimum Gasteiger partial charge on any atom is -0.396 e. The Hall–Kier alpha value is -0.120. The van der Waals surface area contributed by atoms with E-state index in [1.54, 1.807) is 0 Å². The van der Waals surface area contributed by atoms with E-state index in [4.69, 9.17) is 9.84 Å². The molecule has 1 aliphatic carbocycles.